The number of anilines is 1. The number of hydrogen-bond donors (Lipinski definition) is 3. The molecule has 1 aliphatic heterocycles. The van der Waals surface area contributed by atoms with E-state index < -0.39 is 5.60 Å². The number of fused-ring (bicyclic) bond motifs is 2. The second-order valence-electron chi connectivity index (χ2n) is 9.16. The van der Waals surface area contributed by atoms with Gasteiger partial charge in [-0.25, -0.2) is 9.97 Å². The van der Waals surface area contributed by atoms with Crippen LogP contribution in [0.5, 0.6) is 0 Å². The van der Waals surface area contributed by atoms with Crippen molar-refractivity contribution in [2.24, 2.45) is 5.92 Å². The molecular formula is C24H31N7O. The summed E-state index contributed by atoms with van der Waals surface area (Å²) in [5.41, 5.74) is 3.00. The highest BCUT2D eigenvalue weighted by Gasteiger charge is 2.38. The van der Waals surface area contributed by atoms with Gasteiger partial charge in [-0.15, -0.1) is 0 Å². The number of aromatic amines is 1. The van der Waals surface area contributed by atoms with E-state index in [0.717, 1.165) is 58.6 Å². The molecule has 0 saturated carbocycles. The van der Waals surface area contributed by atoms with Gasteiger partial charge >= 0.3 is 0 Å². The Balaban J connectivity index is 1.64. The summed E-state index contributed by atoms with van der Waals surface area (Å²) in [4.78, 5) is 15.2. The maximum absolute atomic E-state index is 11.1. The number of nitrogens with zero attached hydrogens (tertiary/aromatic N) is 5. The van der Waals surface area contributed by atoms with Gasteiger partial charge in [-0.1, -0.05) is 13.8 Å². The van der Waals surface area contributed by atoms with E-state index in [-0.39, 0.29) is 12.0 Å². The van der Waals surface area contributed by atoms with Crippen molar-refractivity contribution in [2.75, 3.05) is 24.5 Å². The Bertz CT molecular complexity index is 1260. The molecule has 0 spiro atoms. The molecule has 5 heterocycles. The average Bonchev–Trinajstić information content (AvgIpc) is 3.42. The molecule has 8 nitrogen and oxygen atoms in total. The maximum atomic E-state index is 11.1. The lowest BCUT2D eigenvalue weighted by atomic mass is 9.84. The SMILES string of the molecule is CCn1ncc2cc(-c3c[nH]c4ncccc34)nc(N3CCN[C@@H]([C@@](C)(O)C(C)C)C3)c21. The summed E-state index contributed by atoms with van der Waals surface area (Å²) in [5.74, 6) is 1.06. The summed E-state index contributed by atoms with van der Waals surface area (Å²) in [6.45, 7) is 11.2. The minimum atomic E-state index is -0.817. The molecule has 8 heteroatoms. The molecule has 1 saturated heterocycles. The number of H-pyrrole nitrogens is 1. The highest BCUT2D eigenvalue weighted by atomic mass is 16.3. The van der Waals surface area contributed by atoms with Crippen molar-refractivity contribution in [1.29, 1.82) is 0 Å². The van der Waals surface area contributed by atoms with Crippen molar-refractivity contribution in [3.05, 3.63) is 36.8 Å². The molecule has 0 aliphatic carbocycles. The van der Waals surface area contributed by atoms with E-state index in [1.807, 2.05) is 30.1 Å². The number of nitrogens with one attached hydrogen (secondary N) is 2. The van der Waals surface area contributed by atoms with Gasteiger partial charge in [0.2, 0.25) is 0 Å². The van der Waals surface area contributed by atoms with E-state index in [2.05, 4.69) is 58.2 Å². The van der Waals surface area contributed by atoms with Gasteiger partial charge in [-0.2, -0.15) is 5.10 Å². The van der Waals surface area contributed by atoms with E-state index in [9.17, 15) is 5.11 Å². The molecule has 3 N–H and O–H groups in total. The summed E-state index contributed by atoms with van der Waals surface area (Å²) in [6.07, 6.45) is 5.69. The Morgan fingerprint density at radius 1 is 1.34 bits per heavy atom. The Labute approximate surface area is 187 Å². The third-order valence-electron chi connectivity index (χ3n) is 6.97. The fourth-order valence-electron chi connectivity index (χ4n) is 4.60. The molecule has 0 amide bonds. The summed E-state index contributed by atoms with van der Waals surface area (Å²) in [5, 5.41) is 21.4. The lowest BCUT2D eigenvalue weighted by Crippen LogP contribution is -2.62. The largest absolute Gasteiger partial charge is 0.388 e. The van der Waals surface area contributed by atoms with Crippen LogP contribution in [0.1, 0.15) is 27.7 Å². The van der Waals surface area contributed by atoms with Crippen LogP contribution in [0.25, 0.3) is 33.2 Å². The molecule has 1 aliphatic rings. The van der Waals surface area contributed by atoms with E-state index in [4.69, 9.17) is 4.98 Å². The van der Waals surface area contributed by atoms with Crippen LogP contribution in [0, 0.1) is 5.92 Å². The van der Waals surface area contributed by atoms with Crippen LogP contribution in [0.4, 0.5) is 5.82 Å². The van der Waals surface area contributed by atoms with Crippen LogP contribution < -0.4 is 10.2 Å². The van der Waals surface area contributed by atoms with Crippen molar-refractivity contribution >= 4 is 27.8 Å². The van der Waals surface area contributed by atoms with Crippen LogP contribution in [0.15, 0.2) is 36.8 Å². The van der Waals surface area contributed by atoms with E-state index in [1.165, 1.54) is 0 Å². The summed E-state index contributed by atoms with van der Waals surface area (Å²) in [7, 11) is 0. The number of aliphatic hydroxyl groups is 1. The third kappa shape index (κ3) is 3.34. The molecule has 0 bridgehead atoms. The molecule has 32 heavy (non-hydrogen) atoms. The van der Waals surface area contributed by atoms with Gasteiger partial charge in [-0.05, 0) is 38.0 Å². The zero-order valence-electron chi connectivity index (χ0n) is 19.1. The second-order valence-corrected chi connectivity index (χ2v) is 9.16. The molecule has 1 fully saturated rings. The lowest BCUT2D eigenvalue weighted by molar-refractivity contribution is -0.0231. The molecule has 0 aromatic carbocycles. The predicted octanol–water partition coefficient (Wildman–Crippen LogP) is 3.18. The summed E-state index contributed by atoms with van der Waals surface area (Å²) in [6, 6.07) is 6.07. The maximum Gasteiger partial charge on any atom is 0.155 e. The van der Waals surface area contributed by atoms with Crippen molar-refractivity contribution < 1.29 is 5.11 Å². The highest BCUT2D eigenvalue weighted by molar-refractivity contribution is 5.97. The number of aromatic nitrogens is 5. The first kappa shape index (κ1) is 20.9. The smallest absolute Gasteiger partial charge is 0.155 e. The van der Waals surface area contributed by atoms with Crippen molar-refractivity contribution in [3.8, 4) is 11.3 Å². The van der Waals surface area contributed by atoms with Crippen LogP contribution in [0.3, 0.4) is 0 Å². The molecular weight excluding hydrogens is 402 g/mol. The van der Waals surface area contributed by atoms with E-state index >= 15 is 0 Å². The monoisotopic (exact) mass is 433 g/mol. The van der Waals surface area contributed by atoms with Gasteiger partial charge in [0.1, 0.15) is 11.2 Å². The van der Waals surface area contributed by atoms with Crippen molar-refractivity contribution in [1.82, 2.24) is 30.0 Å². The van der Waals surface area contributed by atoms with E-state index in [0.29, 0.717) is 6.54 Å². The molecule has 168 valence electrons. The van der Waals surface area contributed by atoms with Crippen LogP contribution in [0.2, 0.25) is 0 Å². The Hall–Kier alpha value is -2.97. The van der Waals surface area contributed by atoms with Gasteiger partial charge in [0.05, 0.1) is 23.5 Å². The van der Waals surface area contributed by atoms with Crippen LogP contribution in [-0.4, -0.2) is 61.1 Å². The zero-order valence-corrected chi connectivity index (χ0v) is 19.1. The molecule has 0 unspecified atom stereocenters. The Kier molecular flexibility index (Phi) is 5.14. The number of hydrogen-bond acceptors (Lipinski definition) is 6. The lowest BCUT2D eigenvalue weighted by Gasteiger charge is -2.43. The molecule has 0 radical (unpaired) electrons. The van der Waals surface area contributed by atoms with Gasteiger partial charge in [0, 0.05) is 54.9 Å². The average molecular weight is 434 g/mol. The Morgan fingerprint density at radius 2 is 2.19 bits per heavy atom. The molecule has 4 aromatic rings. The normalized spacial score (nSPS) is 19.2. The summed E-state index contributed by atoms with van der Waals surface area (Å²) < 4.78 is 2.01. The second kappa shape index (κ2) is 7.86. The minimum absolute atomic E-state index is 0.0490. The van der Waals surface area contributed by atoms with Crippen molar-refractivity contribution in [3.63, 3.8) is 0 Å². The standard InChI is InChI=1S/C24H31N7O/c1-5-31-21-16(12-28-31)11-19(18-13-27-22-17(18)7-6-8-26-22)29-23(21)30-10-9-25-20(14-30)24(4,32)15(2)3/h6-8,11-13,15,20,25,32H,5,9-10,14H2,1-4H3,(H,26,27)/t20-,24+/m1/s1. The summed E-state index contributed by atoms with van der Waals surface area (Å²) >= 11 is 0. The molecule has 2 atom stereocenters. The first-order chi connectivity index (χ1) is 15.4. The number of aryl methyl sites for hydroxylation is 1. The quantitative estimate of drug-likeness (QED) is 0.448. The fourth-order valence-corrected chi connectivity index (χ4v) is 4.60. The highest BCUT2D eigenvalue weighted by Crippen LogP contribution is 2.34. The Morgan fingerprint density at radius 3 is 2.97 bits per heavy atom. The fraction of sp³-hybridized carbons (Fsp3) is 0.458. The third-order valence-corrected chi connectivity index (χ3v) is 6.97. The van der Waals surface area contributed by atoms with Crippen LogP contribution in [-0.2, 0) is 6.54 Å². The zero-order chi connectivity index (χ0) is 22.5. The van der Waals surface area contributed by atoms with Gasteiger partial charge in [0.25, 0.3) is 0 Å². The van der Waals surface area contributed by atoms with E-state index in [1.54, 1.807) is 6.20 Å². The number of piperazine rings is 1. The number of rotatable bonds is 5. The number of pyridine rings is 2. The topological polar surface area (TPSA) is 94.9 Å². The van der Waals surface area contributed by atoms with Gasteiger partial charge in [0.15, 0.2) is 5.82 Å². The first-order valence-corrected chi connectivity index (χ1v) is 11.4. The van der Waals surface area contributed by atoms with Gasteiger partial charge < -0.3 is 20.3 Å². The first-order valence-electron chi connectivity index (χ1n) is 11.4. The van der Waals surface area contributed by atoms with Gasteiger partial charge in [-0.3, -0.25) is 4.68 Å². The molecule has 5 rings (SSSR count). The van der Waals surface area contributed by atoms with Crippen molar-refractivity contribution in [2.45, 2.75) is 45.9 Å². The predicted molar refractivity (Wildman–Crippen MR) is 128 cm³/mol. The minimum Gasteiger partial charge on any atom is -0.388 e. The van der Waals surface area contributed by atoms with Crippen LogP contribution >= 0.6 is 0 Å². The molecule has 4 aromatic heterocycles.